The smallest absolute Gasteiger partial charge is 0.244 e. The average molecular weight is 622 g/mol. The lowest BCUT2D eigenvalue weighted by molar-refractivity contribution is -0.140. The van der Waals surface area contributed by atoms with E-state index in [0.717, 1.165) is 53.8 Å². The van der Waals surface area contributed by atoms with E-state index < -0.39 is 28.5 Å². The molecule has 1 saturated carbocycles. The van der Waals surface area contributed by atoms with Crippen LogP contribution in [0.1, 0.15) is 50.2 Å². The monoisotopic (exact) mass is 621 g/mol. The van der Waals surface area contributed by atoms with Gasteiger partial charge in [-0.15, -0.1) is 0 Å². The number of methoxy groups -OCH3 is 1. The third-order valence-electron chi connectivity index (χ3n) is 7.82. The summed E-state index contributed by atoms with van der Waals surface area (Å²) in [6.45, 7) is 1.71. The summed E-state index contributed by atoms with van der Waals surface area (Å²) in [4.78, 5) is 30.0. The van der Waals surface area contributed by atoms with Gasteiger partial charge in [0.2, 0.25) is 21.8 Å². The van der Waals surface area contributed by atoms with Crippen LogP contribution in [0.5, 0.6) is 11.5 Å². The normalized spacial score (nSPS) is 14.3. The zero-order chi connectivity index (χ0) is 31.5. The molecule has 2 amide bonds. The summed E-state index contributed by atoms with van der Waals surface area (Å²) >= 11 is 0. The van der Waals surface area contributed by atoms with E-state index in [9.17, 15) is 18.0 Å². The van der Waals surface area contributed by atoms with Crippen molar-refractivity contribution in [2.45, 2.75) is 64.1 Å². The molecule has 0 saturated heterocycles. The fourth-order valence-electron chi connectivity index (χ4n) is 5.60. The molecule has 9 nitrogen and oxygen atoms in total. The van der Waals surface area contributed by atoms with Gasteiger partial charge in [-0.3, -0.25) is 13.9 Å². The van der Waals surface area contributed by atoms with Crippen molar-refractivity contribution in [1.29, 1.82) is 0 Å². The van der Waals surface area contributed by atoms with E-state index in [1.807, 2.05) is 61.5 Å². The number of carbonyl (C=O) groups excluding carboxylic acids is 2. The van der Waals surface area contributed by atoms with Crippen LogP contribution in [0.25, 0.3) is 0 Å². The first-order chi connectivity index (χ1) is 21.2. The van der Waals surface area contributed by atoms with E-state index in [0.29, 0.717) is 18.1 Å². The molecule has 1 atom stereocenters. The third-order valence-corrected chi connectivity index (χ3v) is 8.95. The van der Waals surface area contributed by atoms with Crippen LogP contribution in [0, 0.1) is 0 Å². The summed E-state index contributed by atoms with van der Waals surface area (Å²) in [6, 6.07) is 22.7. The van der Waals surface area contributed by atoms with Crippen LogP contribution >= 0.6 is 0 Å². The summed E-state index contributed by atoms with van der Waals surface area (Å²) in [6.07, 6.45) is 6.35. The quantitative estimate of drug-likeness (QED) is 0.273. The van der Waals surface area contributed by atoms with Gasteiger partial charge in [0.1, 0.15) is 24.1 Å². The highest BCUT2D eigenvalue weighted by Gasteiger charge is 2.34. The van der Waals surface area contributed by atoms with Crippen molar-refractivity contribution in [2.75, 3.05) is 30.8 Å². The van der Waals surface area contributed by atoms with Gasteiger partial charge in [0, 0.05) is 19.0 Å². The Bertz CT molecular complexity index is 1490. The molecule has 0 aliphatic heterocycles. The highest BCUT2D eigenvalue weighted by Crippen LogP contribution is 2.30. The van der Waals surface area contributed by atoms with E-state index in [1.165, 1.54) is 4.90 Å². The van der Waals surface area contributed by atoms with Crippen molar-refractivity contribution in [3.63, 3.8) is 0 Å². The maximum Gasteiger partial charge on any atom is 0.244 e. The van der Waals surface area contributed by atoms with Crippen LogP contribution in [0.2, 0.25) is 0 Å². The predicted molar refractivity (Wildman–Crippen MR) is 172 cm³/mol. The number of rotatable bonds is 14. The molecule has 10 heteroatoms. The number of hydrogen-bond donors (Lipinski definition) is 1. The van der Waals surface area contributed by atoms with Crippen LogP contribution in [-0.4, -0.2) is 63.7 Å². The Labute approximate surface area is 261 Å². The number of sulfonamides is 1. The first-order valence-corrected chi connectivity index (χ1v) is 17.0. The minimum Gasteiger partial charge on any atom is -0.497 e. The third kappa shape index (κ3) is 8.98. The van der Waals surface area contributed by atoms with E-state index in [-0.39, 0.29) is 30.6 Å². The molecule has 3 aromatic carbocycles. The Morgan fingerprint density at radius 2 is 1.61 bits per heavy atom. The van der Waals surface area contributed by atoms with Crippen molar-refractivity contribution < 1.29 is 27.5 Å². The first kappa shape index (κ1) is 32.9. The van der Waals surface area contributed by atoms with Gasteiger partial charge in [0.05, 0.1) is 25.7 Å². The van der Waals surface area contributed by atoms with E-state index in [1.54, 1.807) is 31.4 Å². The van der Waals surface area contributed by atoms with E-state index in [4.69, 9.17) is 9.47 Å². The highest BCUT2D eigenvalue weighted by molar-refractivity contribution is 7.92. The Morgan fingerprint density at radius 3 is 2.30 bits per heavy atom. The largest absolute Gasteiger partial charge is 0.497 e. The molecule has 1 aliphatic rings. The number of amides is 2. The minimum atomic E-state index is -3.91. The Balaban J connectivity index is 1.75. The molecular formula is C34H43N3O6S. The van der Waals surface area contributed by atoms with Gasteiger partial charge < -0.3 is 19.7 Å². The average Bonchev–Trinajstić information content (AvgIpc) is 3.02. The summed E-state index contributed by atoms with van der Waals surface area (Å²) < 4.78 is 38.5. The lowest BCUT2D eigenvalue weighted by Gasteiger charge is -2.35. The first-order valence-electron chi connectivity index (χ1n) is 15.2. The van der Waals surface area contributed by atoms with Crippen LogP contribution in [0.4, 0.5) is 5.69 Å². The van der Waals surface area contributed by atoms with Gasteiger partial charge >= 0.3 is 0 Å². The number of ether oxygens (including phenoxy) is 2. The molecule has 3 aromatic rings. The van der Waals surface area contributed by atoms with Crippen LogP contribution in [0.3, 0.4) is 0 Å². The molecular weight excluding hydrogens is 578 g/mol. The molecule has 1 fully saturated rings. The van der Waals surface area contributed by atoms with Crippen molar-refractivity contribution in [2.24, 2.45) is 0 Å². The standard InChI is InChI=1S/C34H43N3O6S/c1-4-43-32-21-12-11-20-30(32)37(44(3,40)41)25-33(38)36(24-27-16-13-19-29(22-27)42-2)31(23-26-14-7-5-8-15-26)34(39)35-28-17-9-6-10-18-28/h5,7-8,11-16,19-22,28,31H,4,6,9-10,17-18,23-25H2,1-3H3,(H,35,39)/t31-/m1/s1. The van der Waals surface area contributed by atoms with Gasteiger partial charge in [0.25, 0.3) is 0 Å². The number of nitrogens with one attached hydrogen (secondary N) is 1. The Kier molecular flexibility index (Phi) is 11.7. The van der Waals surface area contributed by atoms with Gasteiger partial charge in [-0.2, -0.15) is 0 Å². The summed E-state index contributed by atoms with van der Waals surface area (Å²) in [5.74, 6) is 0.204. The molecule has 0 spiro atoms. The number of benzene rings is 3. The number of hydrogen-bond acceptors (Lipinski definition) is 6. The lowest BCUT2D eigenvalue weighted by Crippen LogP contribution is -2.55. The van der Waals surface area contributed by atoms with E-state index in [2.05, 4.69) is 5.32 Å². The zero-order valence-corrected chi connectivity index (χ0v) is 26.6. The van der Waals surface area contributed by atoms with Crippen LogP contribution in [-0.2, 0) is 32.6 Å². The predicted octanol–water partition coefficient (Wildman–Crippen LogP) is 4.95. The van der Waals surface area contributed by atoms with Crippen molar-refractivity contribution in [3.8, 4) is 11.5 Å². The molecule has 0 radical (unpaired) electrons. The highest BCUT2D eigenvalue weighted by atomic mass is 32.2. The Hall–Kier alpha value is -4.05. The summed E-state index contributed by atoms with van der Waals surface area (Å²) in [5.41, 5.74) is 1.90. The van der Waals surface area contributed by atoms with Gasteiger partial charge in [-0.05, 0) is 55.2 Å². The molecule has 0 heterocycles. The maximum atomic E-state index is 14.4. The van der Waals surface area contributed by atoms with Gasteiger partial charge in [-0.1, -0.05) is 73.9 Å². The van der Waals surface area contributed by atoms with Crippen LogP contribution in [0.15, 0.2) is 78.9 Å². The minimum absolute atomic E-state index is 0.0360. The summed E-state index contributed by atoms with van der Waals surface area (Å²) in [5, 5.41) is 3.21. The summed E-state index contributed by atoms with van der Waals surface area (Å²) in [7, 11) is -2.35. The second-order valence-electron chi connectivity index (χ2n) is 11.1. The number of anilines is 1. The van der Waals surface area contributed by atoms with Crippen LogP contribution < -0.4 is 19.1 Å². The molecule has 44 heavy (non-hydrogen) atoms. The Morgan fingerprint density at radius 1 is 0.932 bits per heavy atom. The van der Waals surface area contributed by atoms with Crippen molar-refractivity contribution in [1.82, 2.24) is 10.2 Å². The molecule has 1 aliphatic carbocycles. The number of nitrogens with zero attached hydrogens (tertiary/aromatic N) is 2. The van der Waals surface area contributed by atoms with Crippen molar-refractivity contribution >= 4 is 27.5 Å². The van der Waals surface area contributed by atoms with E-state index >= 15 is 0 Å². The zero-order valence-electron chi connectivity index (χ0n) is 25.8. The SMILES string of the molecule is CCOc1ccccc1N(CC(=O)N(Cc1cccc(OC)c1)[C@H](Cc1ccccc1)C(=O)NC1CCCCC1)S(C)(=O)=O. The molecule has 0 bridgehead atoms. The second kappa shape index (κ2) is 15.6. The fraction of sp³-hybridized carbons (Fsp3) is 0.412. The fourth-order valence-corrected chi connectivity index (χ4v) is 6.45. The van der Waals surface area contributed by atoms with Gasteiger partial charge in [0.15, 0.2) is 0 Å². The molecule has 0 unspecified atom stereocenters. The maximum absolute atomic E-state index is 14.4. The van der Waals surface area contributed by atoms with Crippen molar-refractivity contribution in [3.05, 3.63) is 90.0 Å². The topological polar surface area (TPSA) is 105 Å². The van der Waals surface area contributed by atoms with Gasteiger partial charge in [-0.25, -0.2) is 8.42 Å². The number of para-hydroxylation sites is 2. The number of carbonyl (C=O) groups is 2. The molecule has 4 rings (SSSR count). The lowest BCUT2D eigenvalue weighted by atomic mass is 9.94. The molecule has 236 valence electrons. The molecule has 0 aromatic heterocycles. The second-order valence-corrected chi connectivity index (χ2v) is 13.0. The molecule has 1 N–H and O–H groups in total.